The minimum absolute atomic E-state index is 0. The quantitative estimate of drug-likeness (QED) is 0.679. The molecule has 0 heterocycles. The van der Waals surface area contributed by atoms with Crippen molar-refractivity contribution in [1.29, 1.82) is 0 Å². The van der Waals surface area contributed by atoms with E-state index in [1.165, 1.54) is 0 Å². The molecular weight excluding hydrogens is 299 g/mol. The van der Waals surface area contributed by atoms with Gasteiger partial charge < -0.3 is 0 Å². The van der Waals surface area contributed by atoms with Gasteiger partial charge in [0.25, 0.3) is 10.1 Å². The molecule has 0 radical (unpaired) electrons. The molecule has 1 rings (SSSR count). The van der Waals surface area contributed by atoms with Crippen LogP contribution in [0.3, 0.4) is 0 Å². The average molecular weight is 325 g/mol. The Kier molecular flexibility index (Phi) is 8.16. The summed E-state index contributed by atoms with van der Waals surface area (Å²) in [5, 5.41) is 0. The molecule has 0 aliphatic rings. The molecule has 1 N–H and O–H groups in total. The molecule has 1 aromatic rings. The third kappa shape index (κ3) is 4.90. The third-order valence-electron chi connectivity index (χ3n) is 3.34. The molecule has 0 aromatic heterocycles. The summed E-state index contributed by atoms with van der Waals surface area (Å²) in [6, 6.07) is 3.81. The zero-order valence-electron chi connectivity index (χ0n) is 12.6. The van der Waals surface area contributed by atoms with Crippen LogP contribution in [0, 0.1) is 0 Å². The van der Waals surface area contributed by atoms with Crippen LogP contribution in [0.15, 0.2) is 17.0 Å². The Bertz CT molecular complexity index is 531. The van der Waals surface area contributed by atoms with Crippen LogP contribution in [0.5, 0.6) is 0 Å². The van der Waals surface area contributed by atoms with E-state index in [-0.39, 0.29) is 68.1 Å². The standard InChI is InChI=1S/C15H24O3S.K.H/c1-9(2)12-7-13(10(3)4)15(19(16,17)18)14(8-12)11(5)6;;/h7-11H,1-6H3,(H,16,17,18);;. The van der Waals surface area contributed by atoms with Gasteiger partial charge in [0.05, 0.1) is 0 Å². The molecule has 0 aliphatic carbocycles. The van der Waals surface area contributed by atoms with Gasteiger partial charge >= 0.3 is 51.4 Å². The number of benzene rings is 1. The monoisotopic (exact) mass is 324 g/mol. The van der Waals surface area contributed by atoms with Gasteiger partial charge in [0, 0.05) is 0 Å². The second-order valence-electron chi connectivity index (χ2n) is 5.97. The summed E-state index contributed by atoms with van der Waals surface area (Å²) in [6.07, 6.45) is 0. The van der Waals surface area contributed by atoms with Gasteiger partial charge in [-0.1, -0.05) is 53.7 Å². The molecule has 0 aliphatic heterocycles. The van der Waals surface area contributed by atoms with Crippen LogP contribution in [0.1, 0.15) is 76.0 Å². The number of rotatable bonds is 4. The molecule has 0 unspecified atom stereocenters. The van der Waals surface area contributed by atoms with Crippen molar-refractivity contribution in [3.63, 3.8) is 0 Å². The zero-order valence-corrected chi connectivity index (χ0v) is 13.4. The van der Waals surface area contributed by atoms with Crippen LogP contribution in [-0.2, 0) is 10.1 Å². The molecule has 5 heteroatoms. The first-order chi connectivity index (χ1) is 8.55. The first kappa shape index (κ1) is 20.8. The summed E-state index contributed by atoms with van der Waals surface area (Å²) in [6.45, 7) is 11.9. The third-order valence-corrected chi connectivity index (χ3v) is 4.32. The van der Waals surface area contributed by atoms with E-state index in [2.05, 4.69) is 13.8 Å². The van der Waals surface area contributed by atoms with Crippen LogP contribution in [0.2, 0.25) is 0 Å². The minimum atomic E-state index is -4.20. The summed E-state index contributed by atoms with van der Waals surface area (Å²) >= 11 is 0. The van der Waals surface area contributed by atoms with Gasteiger partial charge in [0.1, 0.15) is 4.90 Å². The summed E-state index contributed by atoms with van der Waals surface area (Å²) in [5.74, 6) is 0.423. The Balaban J connectivity index is 0.00000361. The number of hydrogen-bond donors (Lipinski definition) is 1. The van der Waals surface area contributed by atoms with Gasteiger partial charge in [0.15, 0.2) is 0 Å². The second-order valence-corrected chi connectivity index (χ2v) is 7.33. The van der Waals surface area contributed by atoms with Crippen molar-refractivity contribution in [2.75, 3.05) is 0 Å². The predicted molar refractivity (Wildman–Crippen MR) is 85.7 cm³/mol. The Hall–Kier alpha value is 0.766. The number of hydrogen-bond acceptors (Lipinski definition) is 2. The van der Waals surface area contributed by atoms with E-state index in [1.807, 2.05) is 39.8 Å². The topological polar surface area (TPSA) is 54.4 Å². The van der Waals surface area contributed by atoms with Crippen LogP contribution in [-0.4, -0.2) is 64.4 Å². The van der Waals surface area contributed by atoms with Gasteiger partial charge in [-0.15, -0.1) is 0 Å². The van der Waals surface area contributed by atoms with Crippen LogP contribution in [0.25, 0.3) is 0 Å². The molecule has 20 heavy (non-hydrogen) atoms. The Labute approximate surface area is 165 Å². The maximum atomic E-state index is 11.7. The van der Waals surface area contributed by atoms with Crippen molar-refractivity contribution in [3.8, 4) is 0 Å². The fourth-order valence-electron chi connectivity index (χ4n) is 2.19. The van der Waals surface area contributed by atoms with Gasteiger partial charge in [-0.2, -0.15) is 8.42 Å². The average Bonchev–Trinajstić information content (AvgIpc) is 2.25. The molecule has 0 amide bonds. The molecule has 1 aromatic carbocycles. The van der Waals surface area contributed by atoms with Crippen LogP contribution < -0.4 is 0 Å². The molecule has 0 saturated carbocycles. The molecule has 110 valence electrons. The normalized spacial score (nSPS) is 12.1. The Morgan fingerprint density at radius 1 is 0.850 bits per heavy atom. The van der Waals surface area contributed by atoms with E-state index >= 15 is 0 Å². The fraction of sp³-hybridized carbons (Fsp3) is 0.600. The van der Waals surface area contributed by atoms with Crippen molar-refractivity contribution < 1.29 is 13.0 Å². The van der Waals surface area contributed by atoms with E-state index < -0.39 is 10.1 Å². The second kappa shape index (κ2) is 7.86. The van der Waals surface area contributed by atoms with Gasteiger partial charge in [-0.05, 0) is 34.4 Å². The van der Waals surface area contributed by atoms with Crippen molar-refractivity contribution in [1.82, 2.24) is 0 Å². The summed E-state index contributed by atoms with van der Waals surface area (Å²) in [4.78, 5) is 0.0990. The van der Waals surface area contributed by atoms with Crippen molar-refractivity contribution in [3.05, 3.63) is 28.8 Å². The molecule has 0 spiro atoms. The molecule has 0 atom stereocenters. The maximum absolute atomic E-state index is 11.7. The molecule has 0 bridgehead atoms. The molecular formula is C15H25KO3S. The van der Waals surface area contributed by atoms with Crippen molar-refractivity contribution in [2.24, 2.45) is 0 Å². The fourth-order valence-corrected chi connectivity index (χ4v) is 3.37. The molecule has 0 saturated heterocycles. The first-order valence-electron chi connectivity index (χ1n) is 6.70. The Morgan fingerprint density at radius 3 is 1.40 bits per heavy atom. The van der Waals surface area contributed by atoms with Crippen molar-refractivity contribution in [2.45, 2.75) is 64.2 Å². The van der Waals surface area contributed by atoms with Gasteiger partial charge in [-0.25, -0.2) is 0 Å². The summed E-state index contributed by atoms with van der Waals surface area (Å²) in [7, 11) is -4.20. The first-order valence-corrected chi connectivity index (χ1v) is 8.14. The van der Waals surface area contributed by atoms with E-state index in [0.29, 0.717) is 17.0 Å². The van der Waals surface area contributed by atoms with Crippen LogP contribution >= 0.6 is 0 Å². The zero-order chi connectivity index (χ0) is 15.0. The summed E-state index contributed by atoms with van der Waals surface area (Å²) < 4.78 is 33.0. The van der Waals surface area contributed by atoms with E-state index in [4.69, 9.17) is 0 Å². The molecule has 0 fully saturated rings. The van der Waals surface area contributed by atoms with E-state index in [0.717, 1.165) is 5.56 Å². The van der Waals surface area contributed by atoms with E-state index in [1.54, 1.807) is 0 Å². The van der Waals surface area contributed by atoms with Crippen LogP contribution in [0.4, 0.5) is 0 Å². The van der Waals surface area contributed by atoms with Crippen molar-refractivity contribution >= 4 is 61.5 Å². The Morgan fingerprint density at radius 2 is 1.20 bits per heavy atom. The van der Waals surface area contributed by atoms with Gasteiger partial charge in [0.2, 0.25) is 0 Å². The predicted octanol–water partition coefficient (Wildman–Crippen LogP) is 3.66. The summed E-state index contributed by atoms with van der Waals surface area (Å²) in [5.41, 5.74) is 2.52. The molecule has 3 nitrogen and oxygen atoms in total. The van der Waals surface area contributed by atoms with E-state index in [9.17, 15) is 13.0 Å². The SMILES string of the molecule is CC(C)c1cc(C(C)C)c(S(=O)(=O)O)c(C(C)C)c1.[KH]. The van der Waals surface area contributed by atoms with Gasteiger partial charge in [-0.3, -0.25) is 4.55 Å².